The van der Waals surface area contributed by atoms with E-state index in [2.05, 4.69) is 0 Å². The van der Waals surface area contributed by atoms with Gasteiger partial charge in [-0.15, -0.1) is 0 Å². The Hall–Kier alpha value is -0.760. The van der Waals surface area contributed by atoms with Gasteiger partial charge < -0.3 is 5.01 Å². The summed E-state index contributed by atoms with van der Waals surface area (Å²) in [5.41, 5.74) is 1.12. The van der Waals surface area contributed by atoms with Crippen molar-refractivity contribution in [2.24, 2.45) is 5.84 Å². The van der Waals surface area contributed by atoms with E-state index in [1.165, 1.54) is 0 Å². The molecular formula is C6H10N2. The van der Waals surface area contributed by atoms with Gasteiger partial charge in [0.15, 0.2) is 0 Å². The van der Waals surface area contributed by atoms with Crippen LogP contribution >= 0.6 is 0 Å². The molecule has 0 aliphatic carbocycles. The van der Waals surface area contributed by atoms with E-state index in [1.807, 2.05) is 25.2 Å². The van der Waals surface area contributed by atoms with Gasteiger partial charge in [0.25, 0.3) is 0 Å². The topological polar surface area (TPSA) is 29.3 Å². The second-order valence-electron chi connectivity index (χ2n) is 1.89. The van der Waals surface area contributed by atoms with Crippen LogP contribution in [-0.4, -0.2) is 11.6 Å². The Balaban J connectivity index is 2.66. The first-order valence-corrected chi connectivity index (χ1v) is 2.66. The van der Waals surface area contributed by atoms with Crippen LogP contribution in [0.15, 0.2) is 23.9 Å². The van der Waals surface area contributed by atoms with Gasteiger partial charge in [0, 0.05) is 5.70 Å². The summed E-state index contributed by atoms with van der Waals surface area (Å²) in [6.45, 7) is 2.83. The van der Waals surface area contributed by atoms with E-state index in [0.717, 1.165) is 12.2 Å². The molecule has 2 heteroatoms. The molecule has 0 unspecified atom stereocenters. The van der Waals surface area contributed by atoms with Gasteiger partial charge >= 0.3 is 0 Å². The van der Waals surface area contributed by atoms with Gasteiger partial charge in [0.1, 0.15) is 0 Å². The summed E-state index contributed by atoms with van der Waals surface area (Å²) >= 11 is 0. The predicted molar refractivity (Wildman–Crippen MR) is 33.8 cm³/mol. The second kappa shape index (κ2) is 2.01. The molecule has 0 aromatic carbocycles. The fourth-order valence-electron chi connectivity index (χ4n) is 0.621. The lowest BCUT2D eigenvalue weighted by Crippen LogP contribution is -2.30. The van der Waals surface area contributed by atoms with Gasteiger partial charge in [0.2, 0.25) is 0 Å². The first-order valence-electron chi connectivity index (χ1n) is 2.66. The Labute approximate surface area is 49.2 Å². The summed E-state index contributed by atoms with van der Waals surface area (Å²) in [7, 11) is 0. The van der Waals surface area contributed by atoms with Crippen LogP contribution in [0.2, 0.25) is 0 Å². The third kappa shape index (κ3) is 0.898. The third-order valence-corrected chi connectivity index (χ3v) is 1.23. The van der Waals surface area contributed by atoms with Crippen molar-refractivity contribution in [1.29, 1.82) is 0 Å². The maximum Gasteiger partial charge on any atom is 0.0522 e. The minimum absolute atomic E-state index is 0.836. The number of hydrogen-bond donors (Lipinski definition) is 1. The molecule has 0 aromatic heterocycles. The summed E-state index contributed by atoms with van der Waals surface area (Å²) in [5, 5.41) is 1.71. The van der Waals surface area contributed by atoms with Gasteiger partial charge in [-0.25, -0.2) is 5.84 Å². The zero-order valence-corrected chi connectivity index (χ0v) is 4.96. The van der Waals surface area contributed by atoms with Crippen molar-refractivity contribution in [3.05, 3.63) is 23.9 Å². The molecule has 1 heterocycles. The maximum atomic E-state index is 5.49. The number of nitrogens with two attached hydrogens (primary N) is 1. The third-order valence-electron chi connectivity index (χ3n) is 1.23. The van der Waals surface area contributed by atoms with Crippen molar-refractivity contribution in [3.8, 4) is 0 Å². The van der Waals surface area contributed by atoms with Crippen LogP contribution in [0, 0.1) is 0 Å². The standard InChI is InChI=1S/C6H10N2/c1-6-4-2-3-5-8(6)7/h2-4H,5,7H2,1H3. The summed E-state index contributed by atoms with van der Waals surface area (Å²) in [6.07, 6.45) is 6.02. The molecule has 0 fully saturated rings. The molecule has 0 spiro atoms. The average Bonchev–Trinajstić information content (AvgIpc) is 1.77. The molecular weight excluding hydrogens is 100 g/mol. The Bertz CT molecular complexity index is 135. The minimum atomic E-state index is 0.836. The van der Waals surface area contributed by atoms with E-state index in [1.54, 1.807) is 5.01 Å². The Kier molecular flexibility index (Phi) is 1.35. The molecule has 1 aliphatic rings. The number of nitrogens with zero attached hydrogens (tertiary/aromatic N) is 1. The van der Waals surface area contributed by atoms with Gasteiger partial charge in [-0.1, -0.05) is 12.2 Å². The first-order chi connectivity index (χ1) is 3.80. The molecule has 0 radical (unpaired) electrons. The van der Waals surface area contributed by atoms with E-state index < -0.39 is 0 Å². The predicted octanol–water partition coefficient (Wildman–Crippen LogP) is 0.636. The first kappa shape index (κ1) is 5.38. The number of hydrogen-bond acceptors (Lipinski definition) is 2. The SMILES string of the molecule is CC1=CC=CCN1N. The highest BCUT2D eigenvalue weighted by molar-refractivity contribution is 5.14. The number of hydrazine groups is 1. The average molecular weight is 110 g/mol. The van der Waals surface area contributed by atoms with Crippen molar-refractivity contribution in [1.82, 2.24) is 5.01 Å². The van der Waals surface area contributed by atoms with Crippen LogP contribution in [0.5, 0.6) is 0 Å². The molecule has 0 amide bonds. The zero-order valence-electron chi connectivity index (χ0n) is 4.96. The molecule has 2 N–H and O–H groups in total. The zero-order chi connectivity index (χ0) is 5.98. The fraction of sp³-hybridized carbons (Fsp3) is 0.333. The van der Waals surface area contributed by atoms with Crippen LogP contribution in [0.3, 0.4) is 0 Å². The highest BCUT2D eigenvalue weighted by Crippen LogP contribution is 2.01. The van der Waals surface area contributed by atoms with E-state index in [4.69, 9.17) is 5.84 Å². The Morgan fingerprint density at radius 3 is 2.88 bits per heavy atom. The molecule has 0 aromatic rings. The van der Waals surface area contributed by atoms with Crippen molar-refractivity contribution >= 4 is 0 Å². The lowest BCUT2D eigenvalue weighted by molar-refractivity contribution is 0.395. The molecule has 0 bridgehead atoms. The Morgan fingerprint density at radius 2 is 2.50 bits per heavy atom. The van der Waals surface area contributed by atoms with E-state index in [-0.39, 0.29) is 0 Å². The van der Waals surface area contributed by atoms with E-state index >= 15 is 0 Å². The summed E-state index contributed by atoms with van der Waals surface area (Å²) in [5.74, 6) is 5.49. The van der Waals surface area contributed by atoms with Gasteiger partial charge in [-0.3, -0.25) is 0 Å². The smallest absolute Gasteiger partial charge is 0.0522 e. The molecule has 0 atom stereocenters. The summed E-state index contributed by atoms with van der Waals surface area (Å²) in [6, 6.07) is 0. The van der Waals surface area contributed by atoms with Crippen molar-refractivity contribution in [3.63, 3.8) is 0 Å². The molecule has 0 saturated carbocycles. The largest absolute Gasteiger partial charge is 0.312 e. The molecule has 1 rings (SSSR count). The normalized spacial score (nSPS) is 18.8. The van der Waals surface area contributed by atoms with Crippen LogP contribution < -0.4 is 5.84 Å². The lowest BCUT2D eigenvalue weighted by atomic mass is 10.3. The second-order valence-corrected chi connectivity index (χ2v) is 1.89. The molecule has 0 saturated heterocycles. The molecule has 2 nitrogen and oxygen atoms in total. The van der Waals surface area contributed by atoms with Crippen molar-refractivity contribution < 1.29 is 0 Å². The van der Waals surface area contributed by atoms with Gasteiger partial charge in [-0.2, -0.15) is 0 Å². The molecule has 44 valence electrons. The number of allylic oxidation sites excluding steroid dienone is 3. The highest BCUT2D eigenvalue weighted by Gasteiger charge is 1.97. The van der Waals surface area contributed by atoms with Gasteiger partial charge in [0.05, 0.1) is 6.54 Å². The number of rotatable bonds is 0. The van der Waals surface area contributed by atoms with Crippen molar-refractivity contribution in [2.45, 2.75) is 6.92 Å². The van der Waals surface area contributed by atoms with Crippen LogP contribution in [0.4, 0.5) is 0 Å². The van der Waals surface area contributed by atoms with Crippen LogP contribution in [-0.2, 0) is 0 Å². The quantitative estimate of drug-likeness (QED) is 0.463. The Morgan fingerprint density at radius 1 is 1.75 bits per heavy atom. The summed E-state index contributed by atoms with van der Waals surface area (Å²) in [4.78, 5) is 0. The fourth-order valence-corrected chi connectivity index (χ4v) is 0.621. The monoisotopic (exact) mass is 110 g/mol. The van der Waals surface area contributed by atoms with E-state index in [0.29, 0.717) is 0 Å². The maximum absolute atomic E-state index is 5.49. The van der Waals surface area contributed by atoms with E-state index in [9.17, 15) is 0 Å². The minimum Gasteiger partial charge on any atom is -0.312 e. The summed E-state index contributed by atoms with van der Waals surface area (Å²) < 4.78 is 0. The highest BCUT2D eigenvalue weighted by atomic mass is 15.4. The molecule has 8 heavy (non-hydrogen) atoms. The van der Waals surface area contributed by atoms with Crippen LogP contribution in [0.25, 0.3) is 0 Å². The lowest BCUT2D eigenvalue weighted by Gasteiger charge is -2.18. The van der Waals surface area contributed by atoms with Gasteiger partial charge in [-0.05, 0) is 13.0 Å². The molecule has 1 aliphatic heterocycles. The van der Waals surface area contributed by atoms with Crippen molar-refractivity contribution in [2.75, 3.05) is 6.54 Å². The van der Waals surface area contributed by atoms with Crippen LogP contribution in [0.1, 0.15) is 6.92 Å².